The maximum atomic E-state index is 6.70. The second-order valence-corrected chi connectivity index (χ2v) is 10.1. The number of benzene rings is 2. The number of methoxy groups -OCH3 is 2. The van der Waals surface area contributed by atoms with Crippen LogP contribution in [0.5, 0.6) is 11.5 Å². The Kier molecular flexibility index (Phi) is 6.93. The lowest BCUT2D eigenvalue weighted by molar-refractivity contribution is 0.222. The molecule has 0 bridgehead atoms. The van der Waals surface area contributed by atoms with E-state index in [4.69, 9.17) is 26.1 Å². The topological polar surface area (TPSA) is 89.7 Å². The third kappa shape index (κ3) is 4.84. The minimum Gasteiger partial charge on any atom is -0.497 e. The fourth-order valence-corrected chi connectivity index (χ4v) is 5.59. The van der Waals surface area contributed by atoms with E-state index in [0.717, 1.165) is 28.7 Å². The summed E-state index contributed by atoms with van der Waals surface area (Å²) in [6, 6.07) is 14.2. The predicted molar refractivity (Wildman–Crippen MR) is 153 cm³/mol. The number of likely N-dealkylation sites (tertiary alicyclic amines) is 1. The summed E-state index contributed by atoms with van der Waals surface area (Å²) in [5.41, 5.74) is 5.06. The van der Waals surface area contributed by atoms with Crippen molar-refractivity contribution in [1.29, 1.82) is 0 Å². The molecule has 9 nitrogen and oxygen atoms in total. The quantitative estimate of drug-likeness (QED) is 0.269. The van der Waals surface area contributed by atoms with Gasteiger partial charge in [-0.2, -0.15) is 14.6 Å². The molecule has 0 unspecified atom stereocenters. The van der Waals surface area contributed by atoms with E-state index in [1.807, 2.05) is 12.1 Å². The zero-order valence-electron chi connectivity index (χ0n) is 22.2. The minimum atomic E-state index is 0.459. The summed E-state index contributed by atoms with van der Waals surface area (Å²) in [6.45, 7) is 5.70. The molecule has 1 N–H and O–H groups in total. The van der Waals surface area contributed by atoms with Crippen molar-refractivity contribution in [2.45, 2.75) is 25.7 Å². The molecule has 4 heterocycles. The molecule has 0 aliphatic carbocycles. The first-order chi connectivity index (χ1) is 19.1. The van der Waals surface area contributed by atoms with E-state index >= 15 is 0 Å². The molecule has 6 rings (SSSR count). The standard InChI is InChI=1S/C29H30ClN7O2/c1-4-36-11-9-19(10-12-36)18-5-7-21(8-6-18)34-29-31-16-20-13-24(28-32-17-33-37(28)27(20)35-29)23-14-22(38-2)15-25(39-3)26(23)30/h5-8,13-17,19H,4,9-12H2,1-3H3,(H,31,34,35). The molecule has 1 aliphatic heterocycles. The first kappa shape index (κ1) is 25.3. The van der Waals surface area contributed by atoms with Gasteiger partial charge in [-0.05, 0) is 68.2 Å². The maximum Gasteiger partial charge on any atom is 0.229 e. The molecule has 1 saturated heterocycles. The van der Waals surface area contributed by atoms with Gasteiger partial charge < -0.3 is 19.7 Å². The third-order valence-electron chi connectivity index (χ3n) is 7.52. The smallest absolute Gasteiger partial charge is 0.229 e. The molecule has 0 saturated carbocycles. The van der Waals surface area contributed by atoms with Gasteiger partial charge in [-0.1, -0.05) is 30.7 Å². The van der Waals surface area contributed by atoms with E-state index in [9.17, 15) is 0 Å². The molecule has 200 valence electrons. The van der Waals surface area contributed by atoms with Gasteiger partial charge >= 0.3 is 0 Å². The summed E-state index contributed by atoms with van der Waals surface area (Å²) in [4.78, 5) is 16.4. The predicted octanol–water partition coefficient (Wildman–Crippen LogP) is 5.95. The van der Waals surface area contributed by atoms with Crippen molar-refractivity contribution < 1.29 is 9.47 Å². The summed E-state index contributed by atoms with van der Waals surface area (Å²) in [6.07, 6.45) is 5.69. The van der Waals surface area contributed by atoms with Gasteiger partial charge in [-0.15, -0.1) is 0 Å². The normalized spacial score (nSPS) is 14.7. The van der Waals surface area contributed by atoms with Crippen molar-refractivity contribution in [3.8, 4) is 22.6 Å². The first-order valence-corrected chi connectivity index (χ1v) is 13.5. The van der Waals surface area contributed by atoms with Crippen LogP contribution in [0.1, 0.15) is 31.2 Å². The van der Waals surface area contributed by atoms with Gasteiger partial charge in [-0.25, -0.2) is 9.97 Å². The van der Waals surface area contributed by atoms with Crippen molar-refractivity contribution in [2.75, 3.05) is 39.2 Å². The lowest BCUT2D eigenvalue weighted by atomic mass is 9.89. The third-order valence-corrected chi connectivity index (χ3v) is 7.91. The summed E-state index contributed by atoms with van der Waals surface area (Å²) >= 11 is 6.70. The zero-order chi connectivity index (χ0) is 26.9. The number of aromatic nitrogens is 5. The number of fused-ring (bicyclic) bond motifs is 3. The Labute approximate surface area is 231 Å². The van der Waals surface area contributed by atoms with E-state index < -0.39 is 0 Å². The Morgan fingerprint density at radius 1 is 0.974 bits per heavy atom. The van der Waals surface area contributed by atoms with Gasteiger partial charge in [0.05, 0.1) is 19.2 Å². The molecular formula is C29H30ClN7O2. The van der Waals surface area contributed by atoms with Crippen LogP contribution in [0.2, 0.25) is 5.02 Å². The number of nitrogens with one attached hydrogen (secondary N) is 1. The van der Waals surface area contributed by atoms with Crippen LogP contribution in [0.3, 0.4) is 0 Å². The van der Waals surface area contributed by atoms with E-state index in [2.05, 4.69) is 56.5 Å². The van der Waals surface area contributed by atoms with E-state index in [0.29, 0.717) is 39.7 Å². The van der Waals surface area contributed by atoms with E-state index in [-0.39, 0.29) is 0 Å². The molecule has 0 atom stereocenters. The first-order valence-electron chi connectivity index (χ1n) is 13.1. The van der Waals surface area contributed by atoms with Crippen molar-refractivity contribution in [3.05, 3.63) is 65.6 Å². The van der Waals surface area contributed by atoms with Crippen LogP contribution in [0.15, 0.2) is 55.0 Å². The van der Waals surface area contributed by atoms with Gasteiger partial charge in [-0.3, -0.25) is 0 Å². The van der Waals surface area contributed by atoms with E-state index in [1.165, 1.54) is 37.8 Å². The van der Waals surface area contributed by atoms with Gasteiger partial charge in [0.25, 0.3) is 0 Å². The molecule has 39 heavy (non-hydrogen) atoms. The number of halogens is 1. The van der Waals surface area contributed by atoms with Gasteiger partial charge in [0.15, 0.2) is 11.3 Å². The van der Waals surface area contributed by atoms with Crippen molar-refractivity contribution in [3.63, 3.8) is 0 Å². The lowest BCUT2D eigenvalue weighted by Crippen LogP contribution is -2.32. The van der Waals surface area contributed by atoms with Crippen LogP contribution >= 0.6 is 11.6 Å². The second-order valence-electron chi connectivity index (χ2n) is 9.67. The molecule has 0 spiro atoms. The van der Waals surface area contributed by atoms with Crippen LogP contribution in [-0.2, 0) is 0 Å². The number of pyridine rings is 1. The highest BCUT2D eigenvalue weighted by Gasteiger charge is 2.20. The Morgan fingerprint density at radius 3 is 2.49 bits per heavy atom. The molecule has 0 amide bonds. The van der Waals surface area contributed by atoms with E-state index in [1.54, 1.807) is 31.0 Å². The summed E-state index contributed by atoms with van der Waals surface area (Å²) in [5, 5.41) is 9.04. The largest absolute Gasteiger partial charge is 0.497 e. The zero-order valence-corrected chi connectivity index (χ0v) is 22.9. The monoisotopic (exact) mass is 543 g/mol. The molecule has 5 aromatic rings. The van der Waals surface area contributed by atoms with Crippen molar-refractivity contribution >= 4 is 39.9 Å². The Morgan fingerprint density at radius 2 is 1.77 bits per heavy atom. The van der Waals surface area contributed by atoms with Gasteiger partial charge in [0.2, 0.25) is 5.95 Å². The summed E-state index contributed by atoms with van der Waals surface area (Å²) < 4.78 is 12.6. The Balaban J connectivity index is 1.31. The number of hydrogen-bond acceptors (Lipinski definition) is 8. The Hall–Kier alpha value is -3.95. The van der Waals surface area contributed by atoms with Crippen LogP contribution in [0.25, 0.3) is 27.8 Å². The minimum absolute atomic E-state index is 0.459. The van der Waals surface area contributed by atoms with Crippen LogP contribution in [0.4, 0.5) is 11.6 Å². The lowest BCUT2D eigenvalue weighted by Gasteiger charge is -2.31. The number of ether oxygens (including phenoxy) is 2. The molecular weight excluding hydrogens is 514 g/mol. The maximum absolute atomic E-state index is 6.70. The van der Waals surface area contributed by atoms with Gasteiger partial charge in [0.1, 0.15) is 17.8 Å². The van der Waals surface area contributed by atoms with Crippen molar-refractivity contribution in [2.24, 2.45) is 0 Å². The molecule has 1 fully saturated rings. The fourth-order valence-electron chi connectivity index (χ4n) is 5.30. The SMILES string of the molecule is CCN1CCC(c2ccc(Nc3ncc4cc(-c5cc(OC)cc(OC)c5Cl)c5ncnn5c4n3)cc2)CC1. The number of hydrogen-bond donors (Lipinski definition) is 1. The average Bonchev–Trinajstić information content (AvgIpc) is 3.48. The fraction of sp³-hybridized carbons (Fsp3) is 0.310. The number of rotatable bonds is 7. The van der Waals surface area contributed by atoms with Gasteiger partial charge in [0, 0.05) is 34.5 Å². The molecule has 2 aromatic carbocycles. The highest BCUT2D eigenvalue weighted by Crippen LogP contribution is 2.41. The van der Waals surface area contributed by atoms with Crippen LogP contribution in [-0.4, -0.2) is 63.3 Å². The number of piperidine rings is 1. The van der Waals surface area contributed by atoms with Crippen LogP contribution < -0.4 is 14.8 Å². The second kappa shape index (κ2) is 10.7. The highest BCUT2D eigenvalue weighted by molar-refractivity contribution is 6.35. The molecule has 3 aromatic heterocycles. The summed E-state index contributed by atoms with van der Waals surface area (Å²) in [7, 11) is 3.18. The highest BCUT2D eigenvalue weighted by atomic mass is 35.5. The Bertz CT molecular complexity index is 1630. The molecule has 0 radical (unpaired) electrons. The molecule has 10 heteroatoms. The van der Waals surface area contributed by atoms with Crippen molar-refractivity contribution in [1.82, 2.24) is 29.5 Å². The average molecular weight is 544 g/mol. The summed E-state index contributed by atoms with van der Waals surface area (Å²) in [5.74, 6) is 2.23. The van der Waals surface area contributed by atoms with Crippen LogP contribution in [0, 0.1) is 0 Å². The number of anilines is 2. The molecule has 1 aliphatic rings. The number of nitrogens with zero attached hydrogens (tertiary/aromatic N) is 6.